The lowest BCUT2D eigenvalue weighted by Crippen LogP contribution is -2.48. The Labute approximate surface area is 146 Å². The molecular formula is C18H24F3N3O. The molecule has 4 nitrogen and oxygen atoms in total. The van der Waals surface area contributed by atoms with Gasteiger partial charge in [-0.1, -0.05) is 6.07 Å². The second-order valence-electron chi connectivity index (χ2n) is 6.81. The molecule has 1 amide bonds. The van der Waals surface area contributed by atoms with Gasteiger partial charge < -0.3 is 15.1 Å². The average molecular weight is 355 g/mol. The third-order valence-corrected chi connectivity index (χ3v) is 5.10. The molecule has 1 atom stereocenters. The zero-order valence-electron chi connectivity index (χ0n) is 14.2. The van der Waals surface area contributed by atoms with Crippen molar-refractivity contribution in [3.63, 3.8) is 0 Å². The summed E-state index contributed by atoms with van der Waals surface area (Å²) in [6.45, 7) is 4.30. The van der Waals surface area contributed by atoms with Gasteiger partial charge in [-0.2, -0.15) is 13.2 Å². The summed E-state index contributed by atoms with van der Waals surface area (Å²) in [7, 11) is 0. The highest BCUT2D eigenvalue weighted by atomic mass is 19.4. The third-order valence-electron chi connectivity index (χ3n) is 5.10. The summed E-state index contributed by atoms with van der Waals surface area (Å²) >= 11 is 0. The number of halogens is 3. The fourth-order valence-corrected chi connectivity index (χ4v) is 3.54. The molecule has 2 saturated heterocycles. The van der Waals surface area contributed by atoms with Crippen LogP contribution in [0.25, 0.3) is 0 Å². The molecule has 25 heavy (non-hydrogen) atoms. The second-order valence-corrected chi connectivity index (χ2v) is 6.81. The highest BCUT2D eigenvalue weighted by Crippen LogP contribution is 2.31. The van der Waals surface area contributed by atoms with Crippen molar-refractivity contribution in [3.05, 3.63) is 29.8 Å². The quantitative estimate of drug-likeness (QED) is 0.902. The van der Waals surface area contributed by atoms with Crippen molar-refractivity contribution < 1.29 is 18.0 Å². The number of anilines is 1. The van der Waals surface area contributed by atoms with Gasteiger partial charge in [-0.25, -0.2) is 0 Å². The number of nitrogens with zero attached hydrogens (tertiary/aromatic N) is 2. The predicted molar refractivity (Wildman–Crippen MR) is 90.4 cm³/mol. The molecule has 1 aromatic rings. The minimum Gasteiger partial charge on any atom is -0.368 e. The van der Waals surface area contributed by atoms with Crippen molar-refractivity contribution in [1.29, 1.82) is 0 Å². The molecule has 0 spiro atoms. The van der Waals surface area contributed by atoms with Crippen LogP contribution < -0.4 is 10.2 Å². The highest BCUT2D eigenvalue weighted by molar-refractivity contribution is 5.76. The highest BCUT2D eigenvalue weighted by Gasteiger charge is 2.31. The van der Waals surface area contributed by atoms with Crippen LogP contribution in [0.1, 0.15) is 24.8 Å². The van der Waals surface area contributed by atoms with Crippen molar-refractivity contribution in [2.45, 2.75) is 25.4 Å². The molecule has 1 N–H and O–H groups in total. The second kappa shape index (κ2) is 7.64. The number of carbonyl (C=O) groups is 1. The van der Waals surface area contributed by atoms with Crippen molar-refractivity contribution in [2.75, 3.05) is 44.2 Å². The van der Waals surface area contributed by atoms with Crippen molar-refractivity contribution in [2.24, 2.45) is 5.92 Å². The van der Waals surface area contributed by atoms with Crippen molar-refractivity contribution >= 4 is 11.6 Å². The largest absolute Gasteiger partial charge is 0.416 e. The fourth-order valence-electron chi connectivity index (χ4n) is 3.54. The van der Waals surface area contributed by atoms with Gasteiger partial charge >= 0.3 is 6.18 Å². The molecule has 0 radical (unpaired) electrons. The van der Waals surface area contributed by atoms with Crippen LogP contribution in [0.5, 0.6) is 0 Å². The molecule has 0 bridgehead atoms. The minimum absolute atomic E-state index is 0.163. The Bertz CT molecular complexity index is 591. The first-order valence-corrected chi connectivity index (χ1v) is 8.84. The summed E-state index contributed by atoms with van der Waals surface area (Å²) in [5.41, 5.74) is -0.0624. The maximum atomic E-state index is 12.8. The van der Waals surface area contributed by atoms with Crippen molar-refractivity contribution in [3.8, 4) is 0 Å². The predicted octanol–water partition coefficient (Wildman–Crippen LogP) is 2.74. The van der Waals surface area contributed by atoms with Gasteiger partial charge in [0, 0.05) is 38.3 Å². The van der Waals surface area contributed by atoms with Gasteiger partial charge in [0.25, 0.3) is 0 Å². The van der Waals surface area contributed by atoms with Crippen LogP contribution >= 0.6 is 0 Å². The van der Waals surface area contributed by atoms with E-state index in [1.807, 2.05) is 9.80 Å². The topological polar surface area (TPSA) is 35.6 Å². The zero-order valence-corrected chi connectivity index (χ0v) is 14.2. The third kappa shape index (κ3) is 4.66. The number of piperazine rings is 1. The molecule has 2 heterocycles. The normalized spacial score (nSPS) is 21.6. The molecule has 2 aliphatic rings. The maximum absolute atomic E-state index is 12.8. The molecule has 0 aliphatic carbocycles. The smallest absolute Gasteiger partial charge is 0.368 e. The number of carbonyl (C=O) groups excluding carboxylic acids is 1. The number of benzene rings is 1. The van der Waals surface area contributed by atoms with Crippen LogP contribution in [0, 0.1) is 5.92 Å². The Morgan fingerprint density at radius 3 is 2.60 bits per heavy atom. The number of hydrogen-bond donors (Lipinski definition) is 1. The Balaban J connectivity index is 1.50. The first-order valence-electron chi connectivity index (χ1n) is 8.84. The molecule has 138 valence electrons. The molecule has 0 aromatic heterocycles. The van der Waals surface area contributed by atoms with Crippen LogP contribution in [-0.2, 0) is 11.0 Å². The lowest BCUT2D eigenvalue weighted by molar-refractivity contribution is -0.137. The molecule has 7 heteroatoms. The van der Waals surface area contributed by atoms with Gasteiger partial charge in [0.15, 0.2) is 0 Å². The van der Waals surface area contributed by atoms with Crippen LogP contribution in [-0.4, -0.2) is 50.1 Å². The summed E-state index contributed by atoms with van der Waals surface area (Å²) in [6, 6.07) is 5.40. The molecule has 1 aromatic carbocycles. The average Bonchev–Trinajstić information content (AvgIpc) is 3.13. The number of alkyl halides is 3. The van der Waals surface area contributed by atoms with Gasteiger partial charge in [0.05, 0.1) is 5.56 Å². The van der Waals surface area contributed by atoms with Crippen LogP contribution in [0.4, 0.5) is 18.9 Å². The van der Waals surface area contributed by atoms with E-state index in [0.717, 1.165) is 32.0 Å². The van der Waals surface area contributed by atoms with Gasteiger partial charge in [0.1, 0.15) is 0 Å². The number of rotatable bonds is 4. The number of amides is 1. The summed E-state index contributed by atoms with van der Waals surface area (Å²) in [5, 5.41) is 3.30. The first-order chi connectivity index (χ1) is 11.9. The molecular weight excluding hydrogens is 331 g/mol. The Morgan fingerprint density at radius 1 is 1.20 bits per heavy atom. The van der Waals surface area contributed by atoms with Gasteiger partial charge in [-0.3, -0.25) is 4.79 Å². The van der Waals surface area contributed by atoms with E-state index >= 15 is 0 Å². The summed E-state index contributed by atoms with van der Waals surface area (Å²) < 4.78 is 38.5. The molecule has 0 saturated carbocycles. The number of nitrogens with one attached hydrogen (secondary N) is 1. The SMILES string of the molecule is O=C(CCC1CCNC1)N1CCN(c2cccc(C(F)(F)F)c2)CC1. The van der Waals surface area contributed by atoms with Crippen LogP contribution in [0.15, 0.2) is 24.3 Å². The Kier molecular flexibility index (Phi) is 5.51. The zero-order chi connectivity index (χ0) is 17.9. The van der Waals surface area contributed by atoms with E-state index in [1.54, 1.807) is 6.07 Å². The molecule has 2 aliphatic heterocycles. The van der Waals surface area contributed by atoms with Gasteiger partial charge in [-0.05, 0) is 50.0 Å². The summed E-state index contributed by atoms with van der Waals surface area (Å²) in [6.07, 6.45) is -1.71. The van der Waals surface area contributed by atoms with E-state index in [0.29, 0.717) is 44.2 Å². The van der Waals surface area contributed by atoms with Crippen LogP contribution in [0.3, 0.4) is 0 Å². The van der Waals surface area contributed by atoms with E-state index in [2.05, 4.69) is 5.32 Å². The van der Waals surface area contributed by atoms with E-state index in [4.69, 9.17) is 0 Å². The Morgan fingerprint density at radius 2 is 1.96 bits per heavy atom. The van der Waals surface area contributed by atoms with E-state index < -0.39 is 11.7 Å². The monoisotopic (exact) mass is 355 g/mol. The molecule has 2 fully saturated rings. The number of hydrogen-bond acceptors (Lipinski definition) is 3. The van der Waals surface area contributed by atoms with Gasteiger partial charge in [0.2, 0.25) is 5.91 Å². The fraction of sp³-hybridized carbons (Fsp3) is 0.611. The summed E-state index contributed by atoms with van der Waals surface area (Å²) in [4.78, 5) is 16.1. The van der Waals surface area contributed by atoms with Crippen LogP contribution in [0.2, 0.25) is 0 Å². The standard InChI is InChI=1S/C18H24F3N3O/c19-18(20,21)15-2-1-3-16(12-15)23-8-10-24(11-9-23)17(25)5-4-14-6-7-22-13-14/h1-3,12,14,22H,4-11,13H2. The molecule has 3 rings (SSSR count). The first kappa shape index (κ1) is 18.0. The van der Waals surface area contributed by atoms with E-state index in [1.165, 1.54) is 12.1 Å². The summed E-state index contributed by atoms with van der Waals surface area (Å²) in [5.74, 6) is 0.755. The minimum atomic E-state index is -4.33. The van der Waals surface area contributed by atoms with Crippen molar-refractivity contribution in [1.82, 2.24) is 10.2 Å². The van der Waals surface area contributed by atoms with Gasteiger partial charge in [-0.15, -0.1) is 0 Å². The van der Waals surface area contributed by atoms with E-state index in [-0.39, 0.29) is 5.91 Å². The maximum Gasteiger partial charge on any atom is 0.416 e. The lowest BCUT2D eigenvalue weighted by Gasteiger charge is -2.36. The lowest BCUT2D eigenvalue weighted by atomic mass is 10.0. The molecule has 1 unspecified atom stereocenters. The Hall–Kier alpha value is -1.76. The van der Waals surface area contributed by atoms with E-state index in [9.17, 15) is 18.0 Å².